The van der Waals surface area contributed by atoms with Crippen molar-refractivity contribution in [3.05, 3.63) is 92.4 Å². The predicted octanol–water partition coefficient (Wildman–Crippen LogP) is 7.19. The Morgan fingerprint density at radius 1 is 1.12 bits per heavy atom. The highest BCUT2D eigenvalue weighted by atomic mass is 79.9. The van der Waals surface area contributed by atoms with Gasteiger partial charge in [-0.25, -0.2) is 0 Å². The number of anilines is 1. The molecule has 0 bridgehead atoms. The topological polar surface area (TPSA) is 71.3 Å². The monoisotopic (exact) mass is 538 g/mol. The van der Waals surface area contributed by atoms with Crippen LogP contribution in [0.5, 0.6) is 11.5 Å². The highest BCUT2D eigenvalue weighted by molar-refractivity contribution is 9.10. The molecule has 0 aliphatic rings. The van der Waals surface area contributed by atoms with Crippen LogP contribution < -0.4 is 14.8 Å². The Morgan fingerprint density at radius 3 is 2.50 bits per heavy atom. The SMILES string of the molecule is CCOc1cc(/C=C(\C#N)C(=O)Nc2ccc(CC)cc2)cc(Cl)c1OCc1ccccc1Br. The molecule has 0 heterocycles. The van der Waals surface area contributed by atoms with Gasteiger partial charge in [0, 0.05) is 15.7 Å². The number of aryl methyl sites for hydroxylation is 1. The van der Waals surface area contributed by atoms with Crippen LogP contribution >= 0.6 is 27.5 Å². The first-order valence-electron chi connectivity index (χ1n) is 10.8. The molecule has 0 spiro atoms. The van der Waals surface area contributed by atoms with Crippen molar-refractivity contribution in [2.75, 3.05) is 11.9 Å². The molecule has 5 nitrogen and oxygen atoms in total. The summed E-state index contributed by atoms with van der Waals surface area (Å²) in [6.45, 7) is 4.60. The van der Waals surface area contributed by atoms with E-state index in [4.69, 9.17) is 21.1 Å². The minimum absolute atomic E-state index is 0.0556. The Balaban J connectivity index is 1.83. The van der Waals surface area contributed by atoms with E-state index in [1.54, 1.807) is 12.1 Å². The summed E-state index contributed by atoms with van der Waals surface area (Å²) in [4.78, 5) is 12.7. The van der Waals surface area contributed by atoms with Gasteiger partial charge in [0.1, 0.15) is 18.2 Å². The number of hydrogen-bond acceptors (Lipinski definition) is 4. The number of amides is 1. The fraction of sp³-hybridized carbons (Fsp3) is 0.185. The maximum Gasteiger partial charge on any atom is 0.266 e. The first kappa shape index (κ1) is 25.4. The van der Waals surface area contributed by atoms with E-state index in [0.29, 0.717) is 41.0 Å². The minimum Gasteiger partial charge on any atom is -0.490 e. The number of halogens is 2. The van der Waals surface area contributed by atoms with Gasteiger partial charge >= 0.3 is 0 Å². The van der Waals surface area contributed by atoms with Crippen molar-refractivity contribution in [2.45, 2.75) is 26.9 Å². The van der Waals surface area contributed by atoms with Crippen molar-refractivity contribution >= 4 is 45.2 Å². The van der Waals surface area contributed by atoms with Crippen LogP contribution in [0.15, 0.2) is 70.7 Å². The van der Waals surface area contributed by atoms with Gasteiger partial charge in [-0.1, -0.05) is 64.8 Å². The number of nitrogens with zero attached hydrogens (tertiary/aromatic N) is 1. The van der Waals surface area contributed by atoms with E-state index in [1.165, 1.54) is 6.08 Å². The van der Waals surface area contributed by atoms with Gasteiger partial charge in [0.2, 0.25) is 0 Å². The van der Waals surface area contributed by atoms with Crippen LogP contribution in [-0.4, -0.2) is 12.5 Å². The second-order valence-electron chi connectivity index (χ2n) is 7.32. The third kappa shape index (κ3) is 6.63. The zero-order chi connectivity index (χ0) is 24.5. The quantitative estimate of drug-likeness (QED) is 0.231. The lowest BCUT2D eigenvalue weighted by Crippen LogP contribution is -2.13. The van der Waals surface area contributed by atoms with Crippen LogP contribution in [-0.2, 0) is 17.8 Å². The highest BCUT2D eigenvalue weighted by Gasteiger charge is 2.15. The van der Waals surface area contributed by atoms with Crippen LogP contribution in [0.25, 0.3) is 6.08 Å². The number of carbonyl (C=O) groups is 1. The van der Waals surface area contributed by atoms with E-state index in [1.807, 2.05) is 61.5 Å². The van der Waals surface area contributed by atoms with Crippen molar-refractivity contribution in [3.63, 3.8) is 0 Å². The van der Waals surface area contributed by atoms with Crippen LogP contribution in [0.4, 0.5) is 5.69 Å². The molecule has 34 heavy (non-hydrogen) atoms. The van der Waals surface area contributed by atoms with E-state index in [0.717, 1.165) is 22.0 Å². The summed E-state index contributed by atoms with van der Waals surface area (Å²) < 4.78 is 12.6. The maximum atomic E-state index is 12.7. The third-order valence-electron chi connectivity index (χ3n) is 4.96. The van der Waals surface area contributed by atoms with E-state index in [2.05, 4.69) is 28.2 Å². The van der Waals surface area contributed by atoms with Crippen LogP contribution in [0.3, 0.4) is 0 Å². The van der Waals surface area contributed by atoms with E-state index in [9.17, 15) is 10.1 Å². The highest BCUT2D eigenvalue weighted by Crippen LogP contribution is 2.38. The summed E-state index contributed by atoms with van der Waals surface area (Å²) in [6.07, 6.45) is 2.38. The molecule has 0 unspecified atom stereocenters. The largest absolute Gasteiger partial charge is 0.490 e. The summed E-state index contributed by atoms with van der Waals surface area (Å²) in [7, 11) is 0. The van der Waals surface area contributed by atoms with Crippen molar-refractivity contribution in [1.82, 2.24) is 0 Å². The molecular weight excluding hydrogens is 516 g/mol. The molecule has 0 radical (unpaired) electrons. The lowest BCUT2D eigenvalue weighted by Gasteiger charge is -2.15. The van der Waals surface area contributed by atoms with E-state index >= 15 is 0 Å². The standard InChI is InChI=1S/C27H24BrClN2O3/c1-3-18-9-11-22(12-10-18)31-27(32)21(16-30)13-19-14-24(29)26(25(15-19)33-4-2)34-17-20-7-5-6-8-23(20)28/h5-15H,3-4,17H2,1-2H3,(H,31,32)/b21-13+. The van der Waals surface area contributed by atoms with Crippen molar-refractivity contribution in [1.29, 1.82) is 5.26 Å². The summed E-state index contributed by atoms with van der Waals surface area (Å²) in [5, 5.41) is 12.6. The predicted molar refractivity (Wildman–Crippen MR) is 139 cm³/mol. The average molecular weight is 540 g/mol. The Hall–Kier alpha value is -3.27. The van der Waals surface area contributed by atoms with Crippen molar-refractivity contribution < 1.29 is 14.3 Å². The summed E-state index contributed by atoms with van der Waals surface area (Å²) in [5.41, 5.74) is 3.23. The first-order valence-corrected chi connectivity index (χ1v) is 12.0. The van der Waals surface area contributed by atoms with Gasteiger partial charge < -0.3 is 14.8 Å². The maximum absolute atomic E-state index is 12.7. The van der Waals surface area contributed by atoms with Crippen molar-refractivity contribution in [3.8, 4) is 17.6 Å². The van der Waals surface area contributed by atoms with Gasteiger partial charge in [-0.3, -0.25) is 4.79 Å². The zero-order valence-corrected chi connectivity index (χ0v) is 21.2. The van der Waals surface area contributed by atoms with Gasteiger partial charge in [0.05, 0.1) is 11.6 Å². The summed E-state index contributed by atoms with van der Waals surface area (Å²) in [6, 6.07) is 20.5. The Morgan fingerprint density at radius 2 is 1.85 bits per heavy atom. The van der Waals surface area contributed by atoms with Gasteiger partial charge in [0.25, 0.3) is 5.91 Å². The number of carbonyl (C=O) groups excluding carboxylic acids is 1. The van der Waals surface area contributed by atoms with Crippen LogP contribution in [0.1, 0.15) is 30.5 Å². The number of rotatable bonds is 9. The van der Waals surface area contributed by atoms with Gasteiger partial charge in [-0.05, 0) is 60.9 Å². The smallest absolute Gasteiger partial charge is 0.266 e. The summed E-state index contributed by atoms with van der Waals surface area (Å²) in [5.74, 6) is 0.326. The van der Waals surface area contributed by atoms with Gasteiger partial charge in [-0.15, -0.1) is 0 Å². The molecule has 174 valence electrons. The minimum atomic E-state index is -0.505. The fourth-order valence-electron chi connectivity index (χ4n) is 3.18. The molecule has 0 aliphatic carbocycles. The molecule has 7 heteroatoms. The molecule has 1 amide bonds. The molecule has 0 atom stereocenters. The third-order valence-corrected chi connectivity index (χ3v) is 6.01. The number of nitrogens with one attached hydrogen (secondary N) is 1. The van der Waals surface area contributed by atoms with Crippen LogP contribution in [0.2, 0.25) is 5.02 Å². The Labute approximate surface area is 213 Å². The molecule has 0 aromatic heterocycles. The first-order chi connectivity index (χ1) is 16.4. The molecule has 3 rings (SSSR count). The normalized spacial score (nSPS) is 11.0. The molecule has 0 saturated carbocycles. The number of benzene rings is 3. The lowest BCUT2D eigenvalue weighted by molar-refractivity contribution is -0.112. The summed E-state index contributed by atoms with van der Waals surface area (Å²) >= 11 is 10.0. The van der Waals surface area contributed by atoms with Gasteiger partial charge in [-0.2, -0.15) is 5.26 Å². The van der Waals surface area contributed by atoms with Crippen molar-refractivity contribution in [2.24, 2.45) is 0 Å². The molecule has 0 aliphatic heterocycles. The average Bonchev–Trinajstić information content (AvgIpc) is 2.83. The van der Waals surface area contributed by atoms with E-state index in [-0.39, 0.29) is 5.57 Å². The van der Waals surface area contributed by atoms with Crippen LogP contribution in [0, 0.1) is 11.3 Å². The second kappa shape index (κ2) is 12.3. The van der Waals surface area contributed by atoms with E-state index < -0.39 is 5.91 Å². The molecule has 3 aromatic carbocycles. The molecule has 0 fully saturated rings. The molecule has 3 aromatic rings. The Bertz CT molecular complexity index is 1230. The molecule has 1 N–H and O–H groups in total. The lowest BCUT2D eigenvalue weighted by atomic mass is 10.1. The Kier molecular flexibility index (Phi) is 9.15. The molecule has 0 saturated heterocycles. The van der Waals surface area contributed by atoms with Gasteiger partial charge in [0.15, 0.2) is 11.5 Å². The number of ether oxygens (including phenoxy) is 2. The zero-order valence-electron chi connectivity index (χ0n) is 18.9. The fourth-order valence-corrected chi connectivity index (χ4v) is 3.85. The second-order valence-corrected chi connectivity index (χ2v) is 8.58. The number of nitriles is 1. The molecular formula is C27H24BrClN2O3. The number of hydrogen-bond donors (Lipinski definition) is 1.